The van der Waals surface area contributed by atoms with Crippen LogP contribution in [-0.2, 0) is 9.53 Å². The minimum atomic E-state index is 0.0955. The Morgan fingerprint density at radius 3 is 2.08 bits per heavy atom. The first-order valence-corrected chi connectivity index (χ1v) is 9.11. The third kappa shape index (κ3) is 5.41. The van der Waals surface area contributed by atoms with Crippen molar-refractivity contribution in [3.8, 4) is 0 Å². The summed E-state index contributed by atoms with van der Waals surface area (Å²) in [5, 5.41) is 3.10. The lowest BCUT2D eigenvalue weighted by molar-refractivity contribution is -0.906. The van der Waals surface area contributed by atoms with Crippen molar-refractivity contribution >= 4 is 5.91 Å². The summed E-state index contributed by atoms with van der Waals surface area (Å²) in [5.41, 5.74) is 2.37. The van der Waals surface area contributed by atoms with Gasteiger partial charge in [-0.15, -0.1) is 0 Å². The molecule has 4 nitrogen and oxygen atoms in total. The van der Waals surface area contributed by atoms with E-state index >= 15 is 0 Å². The van der Waals surface area contributed by atoms with Crippen LogP contribution in [0.25, 0.3) is 0 Å². The van der Waals surface area contributed by atoms with Gasteiger partial charge in [0.25, 0.3) is 0 Å². The molecule has 1 aliphatic heterocycles. The Kier molecular flexibility index (Phi) is 6.60. The van der Waals surface area contributed by atoms with Crippen molar-refractivity contribution in [3.05, 3.63) is 71.8 Å². The summed E-state index contributed by atoms with van der Waals surface area (Å²) in [7, 11) is 0. The van der Waals surface area contributed by atoms with Gasteiger partial charge in [0.15, 0.2) is 0 Å². The number of ether oxygens (including phenoxy) is 1. The number of rotatable bonds is 7. The van der Waals surface area contributed by atoms with Crippen LogP contribution in [0.4, 0.5) is 0 Å². The molecule has 2 aromatic carbocycles. The average Bonchev–Trinajstić information content (AvgIpc) is 2.68. The number of carbonyl (C=O) groups excluding carboxylic acids is 1. The second kappa shape index (κ2) is 9.35. The lowest BCUT2D eigenvalue weighted by atomic mass is 9.88. The molecule has 132 valence electrons. The minimum Gasteiger partial charge on any atom is -0.370 e. The van der Waals surface area contributed by atoms with E-state index in [9.17, 15) is 4.79 Å². The van der Waals surface area contributed by atoms with E-state index in [-0.39, 0.29) is 11.8 Å². The number of quaternary nitrogens is 1. The minimum absolute atomic E-state index is 0.0955. The molecule has 1 aliphatic rings. The first-order chi connectivity index (χ1) is 12.3. The van der Waals surface area contributed by atoms with Crippen molar-refractivity contribution in [3.63, 3.8) is 0 Å². The Morgan fingerprint density at radius 2 is 1.52 bits per heavy atom. The van der Waals surface area contributed by atoms with Gasteiger partial charge in [-0.3, -0.25) is 4.79 Å². The van der Waals surface area contributed by atoms with Crippen molar-refractivity contribution in [1.82, 2.24) is 5.32 Å². The topological polar surface area (TPSA) is 42.8 Å². The van der Waals surface area contributed by atoms with Crippen LogP contribution in [0.1, 0.15) is 23.5 Å². The quantitative estimate of drug-likeness (QED) is 0.797. The van der Waals surface area contributed by atoms with E-state index in [1.807, 2.05) is 36.4 Å². The zero-order valence-electron chi connectivity index (χ0n) is 14.6. The highest BCUT2D eigenvalue weighted by atomic mass is 16.5. The van der Waals surface area contributed by atoms with Gasteiger partial charge in [0.05, 0.1) is 26.3 Å². The Labute approximate surface area is 149 Å². The number of carbonyl (C=O) groups is 1. The van der Waals surface area contributed by atoms with Gasteiger partial charge in [-0.25, -0.2) is 0 Å². The molecule has 1 heterocycles. The number of nitrogens with one attached hydrogen (secondary N) is 2. The van der Waals surface area contributed by atoms with E-state index in [1.165, 1.54) is 16.0 Å². The summed E-state index contributed by atoms with van der Waals surface area (Å²) in [6.45, 7) is 5.42. The molecule has 0 aromatic heterocycles. The largest absolute Gasteiger partial charge is 0.370 e. The van der Waals surface area contributed by atoms with Crippen LogP contribution < -0.4 is 10.2 Å². The molecular formula is C21H27N2O2+. The van der Waals surface area contributed by atoms with Crippen LogP contribution in [0.15, 0.2) is 60.7 Å². The Hall–Kier alpha value is -2.17. The molecular weight excluding hydrogens is 312 g/mol. The maximum absolute atomic E-state index is 12.5. The highest BCUT2D eigenvalue weighted by molar-refractivity contribution is 5.77. The van der Waals surface area contributed by atoms with E-state index in [2.05, 4.69) is 29.6 Å². The van der Waals surface area contributed by atoms with Crippen LogP contribution >= 0.6 is 0 Å². The fourth-order valence-electron chi connectivity index (χ4n) is 3.35. The zero-order chi connectivity index (χ0) is 17.3. The van der Waals surface area contributed by atoms with Crippen LogP contribution in [0.2, 0.25) is 0 Å². The Balaban J connectivity index is 1.57. The molecule has 0 radical (unpaired) electrons. The molecule has 0 atom stereocenters. The molecule has 2 N–H and O–H groups in total. The van der Waals surface area contributed by atoms with Crippen molar-refractivity contribution in [2.75, 3.05) is 39.4 Å². The summed E-state index contributed by atoms with van der Waals surface area (Å²) in [6, 6.07) is 20.6. The molecule has 25 heavy (non-hydrogen) atoms. The van der Waals surface area contributed by atoms with Crippen LogP contribution in [0, 0.1) is 0 Å². The monoisotopic (exact) mass is 339 g/mol. The first kappa shape index (κ1) is 17.6. The van der Waals surface area contributed by atoms with E-state index in [4.69, 9.17) is 4.74 Å². The summed E-state index contributed by atoms with van der Waals surface area (Å²) in [5.74, 6) is 0.212. The maximum atomic E-state index is 12.5. The molecule has 0 saturated carbocycles. The van der Waals surface area contributed by atoms with Crippen molar-refractivity contribution in [2.45, 2.75) is 12.3 Å². The fourth-order valence-corrected chi connectivity index (χ4v) is 3.35. The molecule has 0 aliphatic carbocycles. The van der Waals surface area contributed by atoms with Gasteiger partial charge in [-0.1, -0.05) is 60.7 Å². The van der Waals surface area contributed by atoms with Gasteiger partial charge < -0.3 is 15.0 Å². The molecule has 0 unspecified atom stereocenters. The smallest absolute Gasteiger partial charge is 0.221 e. The normalized spacial score (nSPS) is 15.2. The lowest BCUT2D eigenvalue weighted by Gasteiger charge is -2.24. The van der Waals surface area contributed by atoms with E-state index in [0.29, 0.717) is 6.42 Å². The standard InChI is InChI=1S/C21H26N2O2/c24-21(22-11-12-23-13-15-25-16-14-23)17-20(18-7-3-1-4-8-18)19-9-5-2-6-10-19/h1-10,20H,11-17H2,(H,22,24)/p+1. The molecule has 2 aromatic rings. The van der Waals surface area contributed by atoms with E-state index in [0.717, 1.165) is 39.4 Å². The number of benzene rings is 2. The lowest BCUT2D eigenvalue weighted by Crippen LogP contribution is -3.14. The van der Waals surface area contributed by atoms with Crippen LogP contribution in [0.5, 0.6) is 0 Å². The SMILES string of the molecule is O=C(CC(c1ccccc1)c1ccccc1)NCC[NH+]1CCOCC1. The first-order valence-electron chi connectivity index (χ1n) is 9.11. The Bertz CT molecular complexity index is 600. The van der Waals surface area contributed by atoms with Crippen molar-refractivity contribution < 1.29 is 14.4 Å². The number of morpholine rings is 1. The molecule has 4 heteroatoms. The predicted octanol–water partition coefficient (Wildman–Crippen LogP) is 1.24. The van der Waals surface area contributed by atoms with Crippen molar-refractivity contribution in [2.24, 2.45) is 0 Å². The van der Waals surface area contributed by atoms with Crippen molar-refractivity contribution in [1.29, 1.82) is 0 Å². The molecule has 1 fully saturated rings. The maximum Gasteiger partial charge on any atom is 0.221 e. The van der Waals surface area contributed by atoms with Gasteiger partial charge in [0.1, 0.15) is 13.1 Å². The van der Waals surface area contributed by atoms with Gasteiger partial charge >= 0.3 is 0 Å². The molecule has 1 saturated heterocycles. The van der Waals surface area contributed by atoms with Gasteiger partial charge in [0.2, 0.25) is 5.91 Å². The van der Waals surface area contributed by atoms with Gasteiger partial charge in [-0.05, 0) is 11.1 Å². The third-order valence-corrected chi connectivity index (χ3v) is 4.79. The summed E-state index contributed by atoms with van der Waals surface area (Å²) in [4.78, 5) is 14.0. The number of hydrogen-bond donors (Lipinski definition) is 2. The molecule has 3 rings (SSSR count). The number of hydrogen-bond acceptors (Lipinski definition) is 2. The average molecular weight is 339 g/mol. The fraction of sp³-hybridized carbons (Fsp3) is 0.381. The second-order valence-corrected chi connectivity index (χ2v) is 6.54. The molecule has 0 spiro atoms. The van der Waals surface area contributed by atoms with Gasteiger partial charge in [-0.2, -0.15) is 0 Å². The van der Waals surface area contributed by atoms with E-state index in [1.54, 1.807) is 0 Å². The number of amides is 1. The molecule has 0 bridgehead atoms. The van der Waals surface area contributed by atoms with Crippen LogP contribution in [0.3, 0.4) is 0 Å². The summed E-state index contributed by atoms with van der Waals surface area (Å²) in [6.07, 6.45) is 0.479. The highest BCUT2D eigenvalue weighted by Gasteiger charge is 2.19. The summed E-state index contributed by atoms with van der Waals surface area (Å²) < 4.78 is 5.37. The molecule has 1 amide bonds. The highest BCUT2D eigenvalue weighted by Crippen LogP contribution is 2.27. The second-order valence-electron chi connectivity index (χ2n) is 6.54. The Morgan fingerprint density at radius 1 is 0.960 bits per heavy atom. The van der Waals surface area contributed by atoms with Gasteiger partial charge in [0, 0.05) is 12.3 Å². The van der Waals surface area contributed by atoms with Crippen LogP contribution in [-0.4, -0.2) is 45.3 Å². The zero-order valence-corrected chi connectivity index (χ0v) is 14.6. The summed E-state index contributed by atoms with van der Waals surface area (Å²) >= 11 is 0. The van der Waals surface area contributed by atoms with E-state index < -0.39 is 0 Å². The third-order valence-electron chi connectivity index (χ3n) is 4.79. The predicted molar refractivity (Wildman–Crippen MR) is 98.7 cm³/mol.